The van der Waals surface area contributed by atoms with Crippen molar-refractivity contribution >= 4 is 26.8 Å². The van der Waals surface area contributed by atoms with E-state index in [0.717, 1.165) is 39.6 Å². The van der Waals surface area contributed by atoms with Crippen molar-refractivity contribution in [3.05, 3.63) is 64.8 Å². The van der Waals surface area contributed by atoms with Gasteiger partial charge in [-0.2, -0.15) is 0 Å². The molecule has 1 atom stereocenters. The molecule has 0 aliphatic carbocycles. The minimum absolute atomic E-state index is 0.0578. The van der Waals surface area contributed by atoms with E-state index in [1.165, 1.54) is 0 Å². The van der Waals surface area contributed by atoms with Gasteiger partial charge in [0.25, 0.3) is 0 Å². The molecule has 1 aliphatic rings. The number of para-hydroxylation sites is 1. The molecule has 180 valence electrons. The Kier molecular flexibility index (Phi) is 6.91. The lowest BCUT2D eigenvalue weighted by atomic mass is 10.0. The number of hydrogen-bond acceptors (Lipinski definition) is 5. The quantitative estimate of drug-likeness (QED) is 0.554. The maximum absolute atomic E-state index is 13.0. The van der Waals surface area contributed by atoms with Crippen LogP contribution in [-0.4, -0.2) is 49.9 Å². The number of rotatable bonds is 7. The summed E-state index contributed by atoms with van der Waals surface area (Å²) in [5, 5.41) is 1.01. The highest BCUT2D eigenvalue weighted by Crippen LogP contribution is 2.27. The summed E-state index contributed by atoms with van der Waals surface area (Å²) >= 11 is 0. The van der Waals surface area contributed by atoms with E-state index in [4.69, 9.17) is 4.74 Å². The molecule has 1 aromatic heterocycles. The molecule has 2 aromatic carbocycles. The molecule has 1 N–H and O–H groups in total. The number of hydrogen-bond donors (Lipinski definition) is 1. The average Bonchev–Trinajstić information content (AvgIpc) is 3.26. The normalized spacial score (nSPS) is 16.2. The lowest BCUT2D eigenvalue weighted by Gasteiger charge is -2.19. The lowest BCUT2D eigenvalue weighted by molar-refractivity contribution is -0.130. The topological polar surface area (TPSA) is 88.6 Å². The zero-order valence-corrected chi connectivity index (χ0v) is 20.9. The van der Waals surface area contributed by atoms with Crippen LogP contribution in [0.4, 0.5) is 0 Å². The van der Waals surface area contributed by atoms with E-state index in [0.29, 0.717) is 23.7 Å². The highest BCUT2D eigenvalue weighted by atomic mass is 32.2. The first kappa shape index (κ1) is 24.2. The monoisotopic (exact) mass is 481 g/mol. The van der Waals surface area contributed by atoms with E-state index in [9.17, 15) is 13.2 Å². The van der Waals surface area contributed by atoms with Crippen molar-refractivity contribution in [3.63, 3.8) is 0 Å². The first-order valence-electron chi connectivity index (χ1n) is 11.5. The number of aryl methyl sites for hydroxylation is 2. The summed E-state index contributed by atoms with van der Waals surface area (Å²) < 4.78 is 34.8. The number of ether oxygens (including phenoxy) is 1. The third-order valence-electron chi connectivity index (χ3n) is 6.58. The maximum atomic E-state index is 13.0. The number of nitrogens with zero attached hydrogens (tertiary/aromatic N) is 2. The van der Waals surface area contributed by atoms with Gasteiger partial charge in [-0.25, -0.2) is 13.1 Å². The predicted molar refractivity (Wildman–Crippen MR) is 133 cm³/mol. The van der Waals surface area contributed by atoms with Gasteiger partial charge < -0.3 is 9.64 Å². The summed E-state index contributed by atoms with van der Waals surface area (Å²) in [6.07, 6.45) is 2.45. The molecule has 3 aromatic rings. The van der Waals surface area contributed by atoms with Crippen molar-refractivity contribution in [1.82, 2.24) is 14.6 Å². The molecule has 1 fully saturated rings. The molecular weight excluding hydrogens is 450 g/mol. The Bertz CT molecular complexity index is 1310. The second kappa shape index (κ2) is 9.72. The first-order valence-corrected chi connectivity index (χ1v) is 13.0. The molecule has 34 heavy (non-hydrogen) atoms. The SMILES string of the molecule is Cc1cc(C)c(C)c(S(=O)(=O)NCCC(=O)N2CCC(Oc3cccc4cccnc34)C2)c1C. The highest BCUT2D eigenvalue weighted by molar-refractivity contribution is 7.89. The minimum atomic E-state index is -3.71. The van der Waals surface area contributed by atoms with Crippen LogP contribution in [0.25, 0.3) is 10.9 Å². The summed E-state index contributed by atoms with van der Waals surface area (Å²) in [6, 6.07) is 11.7. The van der Waals surface area contributed by atoms with E-state index < -0.39 is 10.0 Å². The van der Waals surface area contributed by atoms with Crippen LogP contribution >= 0.6 is 0 Å². The maximum Gasteiger partial charge on any atom is 0.241 e. The lowest BCUT2D eigenvalue weighted by Crippen LogP contribution is -2.34. The molecule has 4 rings (SSSR count). The van der Waals surface area contributed by atoms with Crippen LogP contribution in [0.15, 0.2) is 47.5 Å². The number of likely N-dealkylation sites (tertiary alicyclic amines) is 1. The molecular formula is C26H31N3O4S. The largest absolute Gasteiger partial charge is 0.486 e. The van der Waals surface area contributed by atoms with Gasteiger partial charge in [0.15, 0.2) is 0 Å². The van der Waals surface area contributed by atoms with Gasteiger partial charge in [0.1, 0.15) is 17.4 Å². The molecule has 2 heterocycles. The average molecular weight is 482 g/mol. The van der Waals surface area contributed by atoms with Gasteiger partial charge >= 0.3 is 0 Å². The predicted octanol–water partition coefficient (Wildman–Crippen LogP) is 3.82. The molecule has 0 bridgehead atoms. The molecule has 7 nitrogen and oxygen atoms in total. The standard InChI is InChI=1S/C26H31N3O4S/c1-17-15-18(2)20(4)26(19(17)3)34(31,32)28-13-10-24(30)29-14-11-22(16-29)33-23-9-5-7-21-8-6-12-27-25(21)23/h5-9,12,15,22,28H,10-11,13-14,16H2,1-4H3. The van der Waals surface area contributed by atoms with Crippen LogP contribution in [-0.2, 0) is 14.8 Å². The zero-order chi connectivity index (χ0) is 24.5. The summed E-state index contributed by atoms with van der Waals surface area (Å²) in [5.41, 5.74) is 4.16. The third-order valence-corrected chi connectivity index (χ3v) is 8.32. The number of carbonyl (C=O) groups is 1. The fraction of sp³-hybridized carbons (Fsp3) is 0.385. The van der Waals surface area contributed by atoms with Crippen LogP contribution in [0.3, 0.4) is 0 Å². The van der Waals surface area contributed by atoms with Crippen molar-refractivity contribution in [3.8, 4) is 5.75 Å². The van der Waals surface area contributed by atoms with E-state index >= 15 is 0 Å². The van der Waals surface area contributed by atoms with Gasteiger partial charge in [0.2, 0.25) is 15.9 Å². The third kappa shape index (κ3) is 4.93. The molecule has 1 aliphatic heterocycles. The molecule has 0 spiro atoms. The van der Waals surface area contributed by atoms with E-state index in [1.54, 1.807) is 11.1 Å². The summed E-state index contributed by atoms with van der Waals surface area (Å²) in [6.45, 7) is 8.57. The minimum Gasteiger partial charge on any atom is -0.486 e. The summed E-state index contributed by atoms with van der Waals surface area (Å²) in [5.74, 6) is 0.628. The van der Waals surface area contributed by atoms with Gasteiger partial charge in [-0.05, 0) is 62.1 Å². The second-order valence-corrected chi connectivity index (χ2v) is 10.6. The Morgan fingerprint density at radius 2 is 1.82 bits per heavy atom. The fourth-order valence-corrected chi connectivity index (χ4v) is 6.15. The van der Waals surface area contributed by atoms with Crippen LogP contribution in [0, 0.1) is 27.7 Å². The van der Waals surface area contributed by atoms with Gasteiger partial charge in [-0.3, -0.25) is 9.78 Å². The Morgan fingerprint density at radius 3 is 2.56 bits per heavy atom. The molecule has 0 radical (unpaired) electrons. The number of benzene rings is 2. The van der Waals surface area contributed by atoms with Crippen molar-refractivity contribution in [2.24, 2.45) is 0 Å². The Morgan fingerprint density at radius 1 is 1.12 bits per heavy atom. The van der Waals surface area contributed by atoms with E-state index in [-0.39, 0.29) is 25.0 Å². The summed E-state index contributed by atoms with van der Waals surface area (Å²) in [7, 11) is -3.71. The number of fused-ring (bicyclic) bond motifs is 1. The Balaban J connectivity index is 1.34. The van der Waals surface area contributed by atoms with Gasteiger partial charge in [0, 0.05) is 37.5 Å². The number of aromatic nitrogens is 1. The van der Waals surface area contributed by atoms with Crippen molar-refractivity contribution in [2.45, 2.75) is 51.5 Å². The number of pyridine rings is 1. The van der Waals surface area contributed by atoms with Crippen molar-refractivity contribution in [1.29, 1.82) is 0 Å². The van der Waals surface area contributed by atoms with Crippen LogP contribution < -0.4 is 9.46 Å². The number of sulfonamides is 1. The fourth-order valence-electron chi connectivity index (χ4n) is 4.51. The van der Waals surface area contributed by atoms with Crippen LogP contribution in [0.2, 0.25) is 0 Å². The number of amides is 1. The van der Waals surface area contributed by atoms with Crippen LogP contribution in [0.1, 0.15) is 35.1 Å². The van der Waals surface area contributed by atoms with E-state index in [1.807, 2.05) is 64.1 Å². The molecule has 1 saturated heterocycles. The smallest absolute Gasteiger partial charge is 0.241 e. The zero-order valence-electron chi connectivity index (χ0n) is 20.1. The summed E-state index contributed by atoms with van der Waals surface area (Å²) in [4.78, 5) is 19.2. The first-order chi connectivity index (χ1) is 16.2. The Hall–Kier alpha value is -2.97. The van der Waals surface area contributed by atoms with Crippen molar-refractivity contribution in [2.75, 3.05) is 19.6 Å². The van der Waals surface area contributed by atoms with Crippen molar-refractivity contribution < 1.29 is 17.9 Å². The van der Waals surface area contributed by atoms with Gasteiger partial charge in [-0.15, -0.1) is 0 Å². The number of carbonyl (C=O) groups excluding carboxylic acids is 1. The highest BCUT2D eigenvalue weighted by Gasteiger charge is 2.28. The van der Waals surface area contributed by atoms with Gasteiger partial charge in [-0.1, -0.05) is 24.3 Å². The molecule has 1 amide bonds. The Labute approximate surface area is 201 Å². The molecule has 0 saturated carbocycles. The molecule has 8 heteroatoms. The van der Waals surface area contributed by atoms with Crippen LogP contribution in [0.5, 0.6) is 5.75 Å². The van der Waals surface area contributed by atoms with E-state index in [2.05, 4.69) is 9.71 Å². The number of nitrogens with one attached hydrogen (secondary N) is 1. The van der Waals surface area contributed by atoms with Gasteiger partial charge in [0.05, 0.1) is 11.4 Å². The second-order valence-electron chi connectivity index (χ2n) is 8.94. The molecule has 1 unspecified atom stereocenters.